The molecule has 0 radical (unpaired) electrons. The zero-order valence-electron chi connectivity index (χ0n) is 49.1. The van der Waals surface area contributed by atoms with Crippen LogP contribution in [0.25, 0.3) is 0 Å². The van der Waals surface area contributed by atoms with Crippen LogP contribution in [0.1, 0.15) is 125 Å². The lowest BCUT2D eigenvalue weighted by molar-refractivity contribution is -0.141. The van der Waals surface area contributed by atoms with Crippen LogP contribution in [0.15, 0.2) is 24.3 Å². The summed E-state index contributed by atoms with van der Waals surface area (Å²) in [6.07, 6.45) is -0.886. The van der Waals surface area contributed by atoms with E-state index < -0.39 is 157 Å². The minimum Gasteiger partial charge on any atom is -0.508 e. The number of nitrogens with one attached hydrogen (secondary N) is 8. The summed E-state index contributed by atoms with van der Waals surface area (Å²) in [4.78, 5) is 174. The molecule has 29 heteroatoms. The number of amides is 11. The Hall–Kier alpha value is -7.40. The van der Waals surface area contributed by atoms with E-state index in [9.17, 15) is 77.6 Å². The molecule has 2 rings (SSSR count). The Bertz CT molecular complexity index is 2450. The van der Waals surface area contributed by atoms with Crippen LogP contribution in [0.4, 0.5) is 0 Å². The normalized spacial score (nSPS) is 16.7. The number of aldehydes is 1. The van der Waals surface area contributed by atoms with Gasteiger partial charge >= 0.3 is 5.97 Å². The molecule has 1 heterocycles. The Labute approximate surface area is 493 Å². The Balaban J connectivity index is 2.49. The van der Waals surface area contributed by atoms with Gasteiger partial charge in [-0.3, -0.25) is 57.5 Å². The van der Waals surface area contributed by atoms with Crippen molar-refractivity contribution in [3.8, 4) is 5.75 Å². The minimum atomic E-state index is -1.74. The molecule has 0 bridgehead atoms. The number of nitrogens with two attached hydrogens (primary N) is 3. The summed E-state index contributed by atoms with van der Waals surface area (Å²) in [6.45, 7) is 11.7. The lowest BCUT2D eigenvalue weighted by Gasteiger charge is -2.30. The molecule has 1 saturated heterocycles. The molecule has 1 aliphatic heterocycles. The van der Waals surface area contributed by atoms with E-state index in [2.05, 4.69) is 42.5 Å². The molecular formula is C55H88N12O16S. The first-order valence-electron chi connectivity index (χ1n) is 28.0. The number of hydrogen-bond donors (Lipinski definition) is 14. The van der Waals surface area contributed by atoms with E-state index in [0.717, 1.165) is 0 Å². The van der Waals surface area contributed by atoms with Gasteiger partial charge in [0, 0.05) is 25.8 Å². The highest BCUT2D eigenvalue weighted by Crippen LogP contribution is 2.21. The summed E-state index contributed by atoms with van der Waals surface area (Å²) in [5, 5.41) is 50.4. The number of rotatable bonds is 38. The molecule has 0 unspecified atom stereocenters. The van der Waals surface area contributed by atoms with Crippen molar-refractivity contribution in [2.24, 2.45) is 35.0 Å². The van der Waals surface area contributed by atoms with E-state index in [1.807, 2.05) is 0 Å². The molecule has 1 aromatic rings. The fourth-order valence-electron chi connectivity index (χ4n) is 9.05. The van der Waals surface area contributed by atoms with Gasteiger partial charge in [0.25, 0.3) is 0 Å². The molecule has 11 atom stereocenters. The van der Waals surface area contributed by atoms with Crippen molar-refractivity contribution < 1.29 is 77.6 Å². The number of phenolic OH excluding ortho intramolecular Hbond substituents is 1. The summed E-state index contributed by atoms with van der Waals surface area (Å²) in [5.74, 6) is -11.6. The van der Waals surface area contributed by atoms with Crippen LogP contribution in [0.5, 0.6) is 5.75 Å². The fourth-order valence-corrected chi connectivity index (χ4v) is 9.54. The van der Waals surface area contributed by atoms with E-state index in [1.165, 1.54) is 47.9 Å². The number of benzene rings is 1. The van der Waals surface area contributed by atoms with Crippen LogP contribution in [0, 0.1) is 17.8 Å². The van der Waals surface area contributed by atoms with Gasteiger partial charge in [0.2, 0.25) is 65.0 Å². The number of aromatic hydroxyl groups is 1. The van der Waals surface area contributed by atoms with Crippen LogP contribution in [-0.4, -0.2) is 183 Å². The van der Waals surface area contributed by atoms with E-state index in [4.69, 9.17) is 17.2 Å². The largest absolute Gasteiger partial charge is 0.508 e. The first-order chi connectivity index (χ1) is 39.4. The van der Waals surface area contributed by atoms with Gasteiger partial charge in [-0.1, -0.05) is 53.7 Å². The van der Waals surface area contributed by atoms with Crippen molar-refractivity contribution in [2.45, 2.75) is 192 Å². The lowest BCUT2D eigenvalue weighted by Crippen LogP contribution is -2.61. The highest BCUT2D eigenvalue weighted by Gasteiger charge is 2.40. The van der Waals surface area contributed by atoms with Gasteiger partial charge in [-0.05, 0) is 106 Å². The van der Waals surface area contributed by atoms with E-state index in [0.29, 0.717) is 24.0 Å². The highest BCUT2D eigenvalue weighted by atomic mass is 32.2. The third kappa shape index (κ3) is 26.0. The number of hydrogen-bond acceptors (Lipinski definition) is 17. The van der Waals surface area contributed by atoms with Gasteiger partial charge < -0.3 is 84.7 Å². The van der Waals surface area contributed by atoms with Crippen molar-refractivity contribution >= 4 is 89.0 Å². The summed E-state index contributed by atoms with van der Waals surface area (Å²) < 4.78 is 0. The first kappa shape index (κ1) is 72.7. The maximum Gasteiger partial charge on any atom is 0.303 e. The molecule has 11 amide bonds. The molecule has 1 aromatic carbocycles. The van der Waals surface area contributed by atoms with Crippen molar-refractivity contribution in [2.75, 3.05) is 18.6 Å². The summed E-state index contributed by atoms with van der Waals surface area (Å²) in [6, 6.07) is -8.28. The number of thioether (sulfide) groups is 1. The minimum absolute atomic E-state index is 0.0322. The topological polar surface area (TPSA) is 460 Å². The third-order valence-electron chi connectivity index (χ3n) is 13.4. The Morgan fingerprint density at radius 1 is 0.619 bits per heavy atom. The number of phenols is 1. The number of carbonyl (C=O) groups excluding carboxylic acids is 12. The van der Waals surface area contributed by atoms with Gasteiger partial charge in [-0.15, -0.1) is 0 Å². The molecular weight excluding hydrogens is 1120 g/mol. The van der Waals surface area contributed by atoms with Gasteiger partial charge in [0.1, 0.15) is 60.4 Å². The fraction of sp³-hybridized carbons (Fsp3) is 0.655. The van der Waals surface area contributed by atoms with Crippen LogP contribution in [0.2, 0.25) is 0 Å². The smallest absolute Gasteiger partial charge is 0.303 e. The predicted octanol–water partition coefficient (Wildman–Crippen LogP) is -2.39. The number of primary amides is 2. The molecule has 17 N–H and O–H groups in total. The predicted molar refractivity (Wildman–Crippen MR) is 308 cm³/mol. The Kier molecular flexibility index (Phi) is 31.5. The summed E-state index contributed by atoms with van der Waals surface area (Å²) in [7, 11) is 0. The highest BCUT2D eigenvalue weighted by molar-refractivity contribution is 7.98. The zero-order valence-corrected chi connectivity index (χ0v) is 49.9. The monoisotopic (exact) mass is 1200 g/mol. The SMILES string of the molecule is CSCC[C@@H](C=O)NC(=O)[C@@H](NC(=O)[C@H](CC(N)=O)NC(=O)[C@H](CC(C)C)NC(=O)[C@H](CC(C)C)NC(=O)[C@H](Cc1ccc(O)cc1)NC(=O)[C@H](CC(C)C)NC(=O)[C@H](CCC(=O)O)NC(=O)[C@@H]1CCCN1C(=O)[C@@H](N)CCC(N)=O)[C@@H](C)O. The van der Waals surface area contributed by atoms with E-state index >= 15 is 0 Å². The molecule has 84 heavy (non-hydrogen) atoms. The second-order valence-corrected chi connectivity index (χ2v) is 23.3. The number of carboxylic acids is 1. The van der Waals surface area contributed by atoms with Crippen molar-refractivity contribution in [3.63, 3.8) is 0 Å². The number of aliphatic carboxylic acids is 1. The zero-order chi connectivity index (χ0) is 63.5. The number of nitrogens with zero attached hydrogens (tertiary/aromatic N) is 1. The van der Waals surface area contributed by atoms with Gasteiger partial charge in [0.15, 0.2) is 0 Å². The van der Waals surface area contributed by atoms with Crippen molar-refractivity contribution in [1.29, 1.82) is 0 Å². The van der Waals surface area contributed by atoms with Crippen LogP contribution in [-0.2, 0) is 68.7 Å². The number of aliphatic hydroxyl groups is 1. The van der Waals surface area contributed by atoms with Gasteiger partial charge in [-0.25, -0.2) is 0 Å². The summed E-state index contributed by atoms with van der Waals surface area (Å²) in [5.41, 5.74) is 17.1. The molecule has 0 spiro atoms. The Morgan fingerprint density at radius 3 is 1.55 bits per heavy atom. The quantitative estimate of drug-likeness (QED) is 0.0307. The average Bonchev–Trinajstić information content (AvgIpc) is 4.15. The molecule has 1 fully saturated rings. The molecule has 28 nitrogen and oxygen atoms in total. The number of carbonyl (C=O) groups is 13. The van der Waals surface area contributed by atoms with E-state index in [1.54, 1.807) is 47.8 Å². The van der Waals surface area contributed by atoms with Crippen LogP contribution in [0.3, 0.4) is 0 Å². The second-order valence-electron chi connectivity index (χ2n) is 22.3. The maximum absolute atomic E-state index is 14.6. The second kappa shape index (κ2) is 36.3. The maximum atomic E-state index is 14.6. The molecule has 0 aliphatic carbocycles. The van der Waals surface area contributed by atoms with Crippen LogP contribution < -0.4 is 59.7 Å². The first-order valence-corrected chi connectivity index (χ1v) is 29.4. The van der Waals surface area contributed by atoms with Crippen LogP contribution >= 0.6 is 11.8 Å². The number of likely N-dealkylation sites (tertiary alicyclic amines) is 1. The average molecular weight is 1210 g/mol. The molecule has 470 valence electrons. The number of aliphatic hydroxyl groups excluding tert-OH is 1. The third-order valence-corrected chi connectivity index (χ3v) is 14.0. The van der Waals surface area contributed by atoms with Crippen molar-refractivity contribution in [3.05, 3.63) is 29.8 Å². The van der Waals surface area contributed by atoms with Crippen molar-refractivity contribution in [1.82, 2.24) is 47.4 Å². The van der Waals surface area contributed by atoms with Gasteiger partial charge in [0.05, 0.1) is 24.6 Å². The molecule has 0 aromatic heterocycles. The van der Waals surface area contributed by atoms with E-state index in [-0.39, 0.29) is 81.4 Å². The Morgan fingerprint density at radius 2 is 1.10 bits per heavy atom. The summed E-state index contributed by atoms with van der Waals surface area (Å²) >= 11 is 1.42. The molecule has 0 saturated carbocycles. The number of carboxylic acid groups (broad SMARTS) is 1. The standard InChI is InChI=1S/C55H88N12O16S/c1-28(2)22-37(61-47(75)36(16-18-45(73)74)60-53(81)42-10-9-20-67(42)55(83)35(56)15-17-43(57)71)49(77)64-40(25-32-11-13-34(70)14-12-32)51(79)63-38(23-29(3)4)48(76)62-39(24-30(5)6)50(78)65-41(26-44(58)72)52(80)66-46(31(7)69)54(82)59-33(27-68)19-21-84-8/h11-14,27-31,33,35-42,46,69-70H,9-10,15-26,56H2,1-8H3,(H2,57,71)(H2,58,72)(H,59,82)(H,60,81)(H,61,75)(H,62,76)(H,63,79)(H,64,77)(H,65,78)(H,66,80)(H,73,74)/t31-,33+,35+,36+,37+,38+,39+,40+,41+,42+,46+/m1/s1. The molecule has 1 aliphatic rings. The van der Waals surface area contributed by atoms with Gasteiger partial charge in [-0.2, -0.15) is 11.8 Å². The lowest BCUT2D eigenvalue weighted by atomic mass is 9.98.